The molecule has 0 N–H and O–H groups in total. The first kappa shape index (κ1) is 12.6. The summed E-state index contributed by atoms with van der Waals surface area (Å²) in [5.74, 6) is 1.33. The van der Waals surface area contributed by atoms with Crippen molar-refractivity contribution in [3.05, 3.63) is 11.7 Å². The van der Waals surface area contributed by atoms with Gasteiger partial charge in [0.25, 0.3) is 0 Å². The number of hydrogen-bond acceptors (Lipinski definition) is 5. The van der Waals surface area contributed by atoms with E-state index in [4.69, 9.17) is 9.26 Å². The van der Waals surface area contributed by atoms with Gasteiger partial charge in [0.2, 0.25) is 11.8 Å². The van der Waals surface area contributed by atoms with Crippen LogP contribution in [0.4, 0.5) is 0 Å². The molecule has 0 aliphatic carbocycles. The Bertz CT molecular complexity index is 454. The molecule has 2 fully saturated rings. The third-order valence-electron chi connectivity index (χ3n) is 3.84. The van der Waals surface area contributed by atoms with Crippen LogP contribution in [0.2, 0.25) is 0 Å². The predicted octanol–water partition coefficient (Wildman–Crippen LogP) is 1.61. The highest BCUT2D eigenvalue weighted by molar-refractivity contribution is 5.77. The number of ether oxygens (including phenoxy) is 1. The molecule has 3 rings (SSSR count). The summed E-state index contributed by atoms with van der Waals surface area (Å²) < 4.78 is 10.5. The Morgan fingerprint density at radius 3 is 3.00 bits per heavy atom. The van der Waals surface area contributed by atoms with E-state index in [-0.39, 0.29) is 18.1 Å². The molecule has 2 aliphatic rings. The fourth-order valence-corrected chi connectivity index (χ4v) is 2.90. The van der Waals surface area contributed by atoms with E-state index in [1.54, 1.807) is 6.92 Å². The average Bonchev–Trinajstić information content (AvgIpc) is 3.07. The minimum atomic E-state index is -0.0219. The topological polar surface area (TPSA) is 68.5 Å². The van der Waals surface area contributed by atoms with Crippen LogP contribution in [0.25, 0.3) is 0 Å². The maximum atomic E-state index is 12.4. The van der Waals surface area contributed by atoms with Crippen LogP contribution in [0.15, 0.2) is 4.52 Å². The Morgan fingerprint density at radius 2 is 2.32 bits per heavy atom. The molecule has 1 aromatic heterocycles. The highest BCUT2D eigenvalue weighted by Crippen LogP contribution is 2.31. The molecule has 2 aliphatic heterocycles. The van der Waals surface area contributed by atoms with E-state index in [1.165, 1.54) is 0 Å². The summed E-state index contributed by atoms with van der Waals surface area (Å²) in [5, 5.41) is 3.95. The second-order valence-electron chi connectivity index (χ2n) is 5.26. The molecule has 3 heterocycles. The molecular weight excluding hydrogens is 246 g/mol. The highest BCUT2D eigenvalue weighted by Gasteiger charge is 2.34. The number of carbonyl (C=O) groups is 1. The highest BCUT2D eigenvalue weighted by atomic mass is 16.5. The van der Waals surface area contributed by atoms with Crippen molar-refractivity contribution < 1.29 is 14.1 Å². The monoisotopic (exact) mass is 265 g/mol. The van der Waals surface area contributed by atoms with E-state index >= 15 is 0 Å². The van der Waals surface area contributed by atoms with Gasteiger partial charge in [-0.1, -0.05) is 5.16 Å². The molecule has 1 aromatic rings. The maximum Gasteiger partial charge on any atom is 0.225 e. The van der Waals surface area contributed by atoms with Crippen molar-refractivity contribution in [1.29, 1.82) is 0 Å². The van der Waals surface area contributed by atoms with Crippen LogP contribution in [0.5, 0.6) is 0 Å². The summed E-state index contributed by atoms with van der Waals surface area (Å²) in [6.07, 6.45) is 4.54. The quantitative estimate of drug-likeness (QED) is 0.830. The number of carbonyl (C=O) groups excluding carboxylic acids is 1. The van der Waals surface area contributed by atoms with E-state index in [9.17, 15) is 4.79 Å². The van der Waals surface area contributed by atoms with Gasteiger partial charge in [0.1, 0.15) is 0 Å². The van der Waals surface area contributed by atoms with E-state index in [1.807, 2.05) is 4.90 Å². The molecule has 2 saturated heterocycles. The van der Waals surface area contributed by atoms with E-state index in [2.05, 4.69) is 10.1 Å². The van der Waals surface area contributed by atoms with Crippen LogP contribution in [0, 0.1) is 6.92 Å². The molecule has 19 heavy (non-hydrogen) atoms. The smallest absolute Gasteiger partial charge is 0.225 e. The molecule has 6 nitrogen and oxygen atoms in total. The molecular formula is C13H19N3O3. The van der Waals surface area contributed by atoms with E-state index < -0.39 is 0 Å². The second kappa shape index (κ2) is 5.28. The third kappa shape index (κ3) is 2.63. The van der Waals surface area contributed by atoms with Crippen LogP contribution in [-0.2, 0) is 9.53 Å². The Hall–Kier alpha value is -1.43. The molecule has 0 bridgehead atoms. The lowest BCUT2D eigenvalue weighted by atomic mass is 10.1. The van der Waals surface area contributed by atoms with Crippen LogP contribution < -0.4 is 0 Å². The number of amides is 1. The molecule has 0 unspecified atom stereocenters. The molecule has 6 heteroatoms. The van der Waals surface area contributed by atoms with Crippen molar-refractivity contribution in [2.45, 2.75) is 51.2 Å². The van der Waals surface area contributed by atoms with E-state index in [0.717, 1.165) is 38.8 Å². The SMILES string of the molecule is Cc1nc([C@@H]2CCCN2C(=O)C[C@H]2CCCO2)no1. The fourth-order valence-electron chi connectivity index (χ4n) is 2.90. The molecule has 0 radical (unpaired) electrons. The lowest BCUT2D eigenvalue weighted by Crippen LogP contribution is -2.33. The number of aryl methyl sites for hydroxylation is 1. The summed E-state index contributed by atoms with van der Waals surface area (Å²) in [7, 11) is 0. The third-order valence-corrected chi connectivity index (χ3v) is 3.84. The fraction of sp³-hybridized carbons (Fsp3) is 0.769. The van der Waals surface area contributed by atoms with Gasteiger partial charge in [-0.05, 0) is 25.7 Å². The van der Waals surface area contributed by atoms with Gasteiger partial charge in [-0.3, -0.25) is 4.79 Å². The first-order chi connectivity index (χ1) is 9.24. The van der Waals surface area contributed by atoms with Gasteiger partial charge in [0.05, 0.1) is 18.6 Å². The van der Waals surface area contributed by atoms with Crippen LogP contribution in [0.1, 0.15) is 49.9 Å². The minimum absolute atomic E-state index is 0.0219. The van der Waals surface area contributed by atoms with Crippen molar-refractivity contribution in [3.8, 4) is 0 Å². The summed E-state index contributed by atoms with van der Waals surface area (Å²) in [6, 6.07) is -0.0219. The Kier molecular flexibility index (Phi) is 3.50. The second-order valence-corrected chi connectivity index (χ2v) is 5.26. The zero-order chi connectivity index (χ0) is 13.2. The zero-order valence-electron chi connectivity index (χ0n) is 11.2. The lowest BCUT2D eigenvalue weighted by molar-refractivity contribution is -0.134. The van der Waals surface area contributed by atoms with Crippen LogP contribution >= 0.6 is 0 Å². The molecule has 0 saturated carbocycles. The average molecular weight is 265 g/mol. The standard InChI is InChI=1S/C13H19N3O3/c1-9-14-13(15-19-9)11-5-2-6-16(11)12(17)8-10-4-3-7-18-10/h10-11H,2-8H2,1H3/t10-,11+/m1/s1. The van der Waals surface area contributed by atoms with Gasteiger partial charge >= 0.3 is 0 Å². The molecule has 1 amide bonds. The number of hydrogen-bond donors (Lipinski definition) is 0. The van der Waals surface area contributed by atoms with Gasteiger partial charge in [0, 0.05) is 20.1 Å². The summed E-state index contributed by atoms with van der Waals surface area (Å²) in [6.45, 7) is 3.33. The molecule has 0 spiro atoms. The van der Waals surface area contributed by atoms with Crippen molar-refractivity contribution in [2.75, 3.05) is 13.2 Å². The van der Waals surface area contributed by atoms with Gasteiger partial charge in [0.15, 0.2) is 5.82 Å². The summed E-state index contributed by atoms with van der Waals surface area (Å²) >= 11 is 0. The number of likely N-dealkylation sites (tertiary alicyclic amines) is 1. The zero-order valence-corrected chi connectivity index (χ0v) is 11.2. The normalized spacial score (nSPS) is 27.1. The summed E-state index contributed by atoms with van der Waals surface area (Å²) in [5.41, 5.74) is 0. The van der Waals surface area contributed by atoms with Gasteiger partial charge < -0.3 is 14.2 Å². The maximum absolute atomic E-state index is 12.4. The lowest BCUT2D eigenvalue weighted by Gasteiger charge is -2.23. The van der Waals surface area contributed by atoms with E-state index in [0.29, 0.717) is 18.1 Å². The number of nitrogens with zero attached hydrogens (tertiary/aromatic N) is 3. The first-order valence-electron chi connectivity index (χ1n) is 6.95. The van der Waals surface area contributed by atoms with Gasteiger partial charge in [-0.15, -0.1) is 0 Å². The summed E-state index contributed by atoms with van der Waals surface area (Å²) in [4.78, 5) is 18.5. The largest absolute Gasteiger partial charge is 0.378 e. The molecule has 104 valence electrons. The molecule has 0 aromatic carbocycles. The van der Waals surface area contributed by atoms with Gasteiger partial charge in [-0.25, -0.2) is 0 Å². The van der Waals surface area contributed by atoms with Crippen molar-refractivity contribution in [1.82, 2.24) is 15.0 Å². The minimum Gasteiger partial charge on any atom is -0.378 e. The Labute approximate surface area is 112 Å². The van der Waals surface area contributed by atoms with Crippen LogP contribution in [0.3, 0.4) is 0 Å². The number of rotatable bonds is 3. The van der Waals surface area contributed by atoms with Crippen molar-refractivity contribution in [2.24, 2.45) is 0 Å². The first-order valence-corrected chi connectivity index (χ1v) is 6.95. The van der Waals surface area contributed by atoms with Crippen molar-refractivity contribution >= 4 is 5.91 Å². The van der Waals surface area contributed by atoms with Gasteiger partial charge in [-0.2, -0.15) is 4.98 Å². The predicted molar refractivity (Wildman–Crippen MR) is 66.3 cm³/mol. The van der Waals surface area contributed by atoms with Crippen LogP contribution in [-0.4, -0.2) is 40.2 Å². The Morgan fingerprint density at radius 1 is 1.42 bits per heavy atom. The van der Waals surface area contributed by atoms with Crippen molar-refractivity contribution in [3.63, 3.8) is 0 Å². The Balaban J connectivity index is 1.66. The number of aromatic nitrogens is 2. The molecule has 2 atom stereocenters.